The number of nitrogens with zero attached hydrogens (tertiary/aromatic N) is 5. The number of tetrazole rings is 1. The first kappa shape index (κ1) is 18.3. The second-order valence-corrected chi connectivity index (χ2v) is 6.63. The van der Waals surface area contributed by atoms with Crippen LogP contribution in [0.5, 0.6) is 11.6 Å². The fourth-order valence-electron chi connectivity index (χ4n) is 2.84. The highest BCUT2D eigenvalue weighted by atomic mass is 35.5. The summed E-state index contributed by atoms with van der Waals surface area (Å²) in [6.07, 6.45) is 1.68. The molecule has 1 aromatic carbocycles. The van der Waals surface area contributed by atoms with Gasteiger partial charge >= 0.3 is 5.97 Å². The van der Waals surface area contributed by atoms with Gasteiger partial charge in [-0.15, -0.1) is 10.2 Å². The first-order valence-electron chi connectivity index (χ1n) is 8.34. The van der Waals surface area contributed by atoms with Gasteiger partial charge in [0.15, 0.2) is 5.82 Å². The maximum Gasteiger partial charge on any atom is 0.320 e. The monoisotopic (exact) mass is 404 g/mol. The lowest BCUT2D eigenvalue weighted by Gasteiger charge is -2.06. The van der Waals surface area contributed by atoms with Gasteiger partial charge < -0.3 is 15.2 Å². The minimum absolute atomic E-state index is 0.177. The molecule has 28 heavy (non-hydrogen) atoms. The molecule has 0 saturated carbocycles. The van der Waals surface area contributed by atoms with E-state index in [0.29, 0.717) is 30.1 Å². The molecule has 0 spiro atoms. The molecule has 2 atom stereocenters. The highest BCUT2D eigenvalue weighted by Gasteiger charge is 2.31. The van der Waals surface area contributed by atoms with Crippen molar-refractivity contribution < 1.29 is 19.0 Å². The van der Waals surface area contributed by atoms with Crippen LogP contribution in [0.3, 0.4) is 0 Å². The van der Waals surface area contributed by atoms with Crippen LogP contribution < -0.4 is 10.1 Å². The third-order valence-corrected chi connectivity index (χ3v) is 4.47. The van der Waals surface area contributed by atoms with Crippen LogP contribution in [0, 0.1) is 5.82 Å². The summed E-state index contributed by atoms with van der Waals surface area (Å²) in [5.41, 5.74) is 0.684. The predicted octanol–water partition coefficient (Wildman–Crippen LogP) is 2.31. The molecular formula is C17H14ClFN6O3. The molecule has 3 aromatic rings. The topological polar surface area (TPSA) is 115 Å². The molecule has 0 aliphatic carbocycles. The van der Waals surface area contributed by atoms with E-state index in [2.05, 4.69) is 25.7 Å². The summed E-state index contributed by atoms with van der Waals surface area (Å²) in [6.45, 7) is 0.458. The Morgan fingerprint density at radius 2 is 2.14 bits per heavy atom. The van der Waals surface area contributed by atoms with Crippen molar-refractivity contribution in [2.45, 2.75) is 18.5 Å². The van der Waals surface area contributed by atoms with Crippen molar-refractivity contribution in [3.63, 3.8) is 0 Å². The molecule has 144 valence electrons. The summed E-state index contributed by atoms with van der Waals surface area (Å²) in [6, 6.07) is 7.00. The van der Waals surface area contributed by atoms with Gasteiger partial charge in [0.25, 0.3) is 5.88 Å². The molecular weight excluding hydrogens is 391 g/mol. The van der Waals surface area contributed by atoms with Gasteiger partial charge in [-0.25, -0.2) is 9.37 Å². The van der Waals surface area contributed by atoms with E-state index in [1.165, 1.54) is 11.0 Å². The standard InChI is InChI=1S/C17H14ClFN6O3/c18-10-5-13(19)16(21-7-10)28-12-3-1-9(2-4-12)15-22-24-25(23-15)11-6-14(17(26)27)20-8-11/h1-5,7,11,14,20H,6,8H2,(H,26,27)/t11-,14+/m1/s1. The summed E-state index contributed by atoms with van der Waals surface area (Å²) in [5, 5.41) is 24.5. The van der Waals surface area contributed by atoms with Crippen LogP contribution in [0.2, 0.25) is 5.02 Å². The molecule has 3 heterocycles. The van der Waals surface area contributed by atoms with E-state index in [4.69, 9.17) is 21.4 Å². The molecule has 1 saturated heterocycles. The average Bonchev–Trinajstić information content (AvgIpc) is 3.34. The normalized spacial score (nSPS) is 18.9. The van der Waals surface area contributed by atoms with Gasteiger partial charge in [0.1, 0.15) is 11.8 Å². The molecule has 1 fully saturated rings. The lowest BCUT2D eigenvalue weighted by atomic mass is 10.2. The molecule has 0 radical (unpaired) electrons. The maximum atomic E-state index is 13.8. The molecule has 1 aliphatic heterocycles. The van der Waals surface area contributed by atoms with Crippen LogP contribution in [-0.2, 0) is 4.79 Å². The number of carbonyl (C=O) groups is 1. The number of hydrogen-bond acceptors (Lipinski definition) is 7. The van der Waals surface area contributed by atoms with Crippen molar-refractivity contribution in [3.8, 4) is 23.0 Å². The van der Waals surface area contributed by atoms with E-state index in [1.807, 2.05) is 0 Å². The highest BCUT2D eigenvalue weighted by Crippen LogP contribution is 2.26. The minimum atomic E-state index is -0.898. The SMILES string of the molecule is O=C(O)[C@@H]1C[C@@H](n2nnc(-c3ccc(Oc4ncc(Cl)cc4F)cc3)n2)CN1. The van der Waals surface area contributed by atoms with Crippen molar-refractivity contribution in [3.05, 3.63) is 47.4 Å². The van der Waals surface area contributed by atoms with Crippen LogP contribution in [0.4, 0.5) is 4.39 Å². The Morgan fingerprint density at radius 3 is 2.82 bits per heavy atom. The number of pyridine rings is 1. The zero-order chi connectivity index (χ0) is 19.7. The van der Waals surface area contributed by atoms with E-state index >= 15 is 0 Å². The molecule has 1 aliphatic rings. The van der Waals surface area contributed by atoms with Crippen molar-refractivity contribution >= 4 is 17.6 Å². The molecule has 2 aromatic heterocycles. The number of rotatable bonds is 5. The van der Waals surface area contributed by atoms with E-state index in [1.54, 1.807) is 24.3 Å². The number of halogens is 2. The Balaban J connectivity index is 1.46. The van der Waals surface area contributed by atoms with Crippen molar-refractivity contribution in [2.75, 3.05) is 6.54 Å². The number of aromatic nitrogens is 5. The Hall–Kier alpha value is -3.11. The number of aliphatic carboxylic acids is 1. The first-order chi connectivity index (χ1) is 13.5. The maximum absolute atomic E-state index is 13.8. The number of ether oxygens (including phenoxy) is 1. The smallest absolute Gasteiger partial charge is 0.320 e. The van der Waals surface area contributed by atoms with Crippen molar-refractivity contribution in [2.24, 2.45) is 0 Å². The fraction of sp³-hybridized carbons (Fsp3) is 0.235. The van der Waals surface area contributed by atoms with Gasteiger partial charge in [-0.05, 0) is 42.0 Å². The Morgan fingerprint density at radius 1 is 1.36 bits per heavy atom. The molecule has 9 nitrogen and oxygen atoms in total. The van der Waals surface area contributed by atoms with Crippen LogP contribution in [0.15, 0.2) is 36.5 Å². The van der Waals surface area contributed by atoms with Gasteiger partial charge in [-0.2, -0.15) is 4.80 Å². The molecule has 0 amide bonds. The summed E-state index contributed by atoms with van der Waals surface area (Å²) >= 11 is 5.67. The number of carboxylic acid groups (broad SMARTS) is 1. The summed E-state index contributed by atoms with van der Waals surface area (Å²) < 4.78 is 19.2. The zero-order valence-corrected chi connectivity index (χ0v) is 15.0. The quantitative estimate of drug-likeness (QED) is 0.665. The van der Waals surface area contributed by atoms with Crippen molar-refractivity contribution in [1.82, 2.24) is 30.5 Å². The average molecular weight is 405 g/mol. The molecule has 2 N–H and O–H groups in total. The van der Waals surface area contributed by atoms with E-state index < -0.39 is 17.8 Å². The summed E-state index contributed by atoms with van der Waals surface area (Å²) in [4.78, 5) is 16.3. The highest BCUT2D eigenvalue weighted by molar-refractivity contribution is 6.30. The zero-order valence-electron chi connectivity index (χ0n) is 14.3. The van der Waals surface area contributed by atoms with Gasteiger partial charge in [-0.1, -0.05) is 11.6 Å². The number of nitrogens with one attached hydrogen (secondary N) is 1. The van der Waals surface area contributed by atoms with E-state index in [-0.39, 0.29) is 16.9 Å². The Kier molecular flexibility index (Phi) is 4.88. The molecule has 0 unspecified atom stereocenters. The lowest BCUT2D eigenvalue weighted by Crippen LogP contribution is -2.29. The molecule has 0 bridgehead atoms. The number of benzene rings is 1. The first-order valence-corrected chi connectivity index (χ1v) is 8.72. The largest absolute Gasteiger partial charge is 0.480 e. The van der Waals surface area contributed by atoms with Crippen LogP contribution >= 0.6 is 11.6 Å². The van der Waals surface area contributed by atoms with E-state index in [9.17, 15) is 9.18 Å². The van der Waals surface area contributed by atoms with Crippen LogP contribution in [0.1, 0.15) is 12.5 Å². The Labute approximate surface area is 163 Å². The summed E-state index contributed by atoms with van der Waals surface area (Å²) in [5.74, 6) is -0.964. The van der Waals surface area contributed by atoms with Gasteiger partial charge in [0.2, 0.25) is 5.82 Å². The lowest BCUT2D eigenvalue weighted by molar-refractivity contribution is -0.139. The second-order valence-electron chi connectivity index (χ2n) is 6.19. The number of carboxylic acids is 1. The van der Waals surface area contributed by atoms with Crippen LogP contribution in [-0.4, -0.2) is 48.9 Å². The van der Waals surface area contributed by atoms with E-state index in [0.717, 1.165) is 6.07 Å². The van der Waals surface area contributed by atoms with Crippen LogP contribution in [0.25, 0.3) is 11.4 Å². The fourth-order valence-corrected chi connectivity index (χ4v) is 2.98. The third kappa shape index (κ3) is 3.78. The number of hydrogen-bond donors (Lipinski definition) is 2. The van der Waals surface area contributed by atoms with Crippen molar-refractivity contribution in [1.29, 1.82) is 0 Å². The molecule has 4 rings (SSSR count). The predicted molar refractivity (Wildman–Crippen MR) is 95.6 cm³/mol. The Bertz CT molecular complexity index is 1010. The second kappa shape index (κ2) is 7.49. The van der Waals surface area contributed by atoms with Gasteiger partial charge in [-0.3, -0.25) is 4.79 Å². The van der Waals surface area contributed by atoms with Gasteiger partial charge in [0, 0.05) is 18.3 Å². The molecule has 11 heteroatoms. The van der Waals surface area contributed by atoms with Gasteiger partial charge in [0.05, 0.1) is 11.1 Å². The third-order valence-electron chi connectivity index (χ3n) is 4.26. The minimum Gasteiger partial charge on any atom is -0.480 e. The summed E-state index contributed by atoms with van der Waals surface area (Å²) in [7, 11) is 0.